The van der Waals surface area contributed by atoms with Crippen molar-refractivity contribution in [2.24, 2.45) is 10.7 Å². The Hall–Kier alpha value is -1.52. The van der Waals surface area contributed by atoms with Gasteiger partial charge in [0.25, 0.3) is 0 Å². The summed E-state index contributed by atoms with van der Waals surface area (Å²) in [6, 6.07) is -0.292. The highest BCUT2D eigenvalue weighted by Gasteiger charge is 2.28. The van der Waals surface area contributed by atoms with Crippen LogP contribution in [0.4, 0.5) is 4.79 Å². The van der Waals surface area contributed by atoms with Crippen molar-refractivity contribution in [2.75, 3.05) is 0 Å². The lowest BCUT2D eigenvalue weighted by Gasteiger charge is -2.27. The minimum atomic E-state index is -0.292. The summed E-state index contributed by atoms with van der Waals surface area (Å²) in [6.07, 6.45) is 4.40. The van der Waals surface area contributed by atoms with Crippen molar-refractivity contribution in [1.82, 2.24) is 10.2 Å². The van der Waals surface area contributed by atoms with E-state index in [1.165, 1.54) is 4.90 Å². The van der Waals surface area contributed by atoms with Crippen LogP contribution in [0.5, 0.6) is 0 Å². The van der Waals surface area contributed by atoms with Crippen LogP contribution in [-0.2, 0) is 0 Å². The first-order chi connectivity index (χ1) is 5.27. The largest absolute Gasteiger partial charge is 0.369 e. The second-order valence-corrected chi connectivity index (χ2v) is 2.47. The van der Waals surface area contributed by atoms with Crippen LogP contribution < -0.4 is 11.1 Å². The molecule has 0 radical (unpaired) electrons. The van der Waals surface area contributed by atoms with Gasteiger partial charge < -0.3 is 11.1 Å². The number of nitrogens with two attached hydrogens (primary N) is 1. The van der Waals surface area contributed by atoms with Crippen LogP contribution >= 0.6 is 0 Å². The summed E-state index contributed by atoms with van der Waals surface area (Å²) < 4.78 is 0. The molecule has 0 saturated carbocycles. The van der Waals surface area contributed by atoms with Gasteiger partial charge in [0, 0.05) is 12.6 Å². The molecule has 11 heavy (non-hydrogen) atoms. The molecule has 0 aromatic heterocycles. The lowest BCUT2D eigenvalue weighted by atomic mass is 10.3. The predicted octanol–water partition coefficient (Wildman–Crippen LogP) is -0.430. The standard InChI is InChI=1S/C6H8N4O/c7-5-8-4-2-1-3-10(4)6(11)9-5/h1,3-4H,2H2,(H3,7,8,9,11). The highest BCUT2D eigenvalue weighted by molar-refractivity contribution is 5.94. The third kappa shape index (κ3) is 0.849. The van der Waals surface area contributed by atoms with Crippen molar-refractivity contribution < 1.29 is 4.79 Å². The number of amides is 2. The minimum absolute atomic E-state index is 0.0139. The van der Waals surface area contributed by atoms with Crippen molar-refractivity contribution in [3.8, 4) is 0 Å². The molecule has 1 unspecified atom stereocenters. The Morgan fingerprint density at radius 3 is 3.45 bits per heavy atom. The Balaban J connectivity index is 2.28. The molecule has 0 fully saturated rings. The maximum Gasteiger partial charge on any atom is 0.352 e. The molecule has 2 heterocycles. The Labute approximate surface area is 63.6 Å². The third-order valence-electron chi connectivity index (χ3n) is 1.71. The van der Waals surface area contributed by atoms with Gasteiger partial charge in [-0.3, -0.25) is 4.90 Å². The number of urea groups is 1. The van der Waals surface area contributed by atoms with E-state index in [-0.39, 0.29) is 18.2 Å². The Kier molecular flexibility index (Phi) is 1.12. The molecule has 2 rings (SSSR count). The molecule has 0 aliphatic carbocycles. The van der Waals surface area contributed by atoms with Gasteiger partial charge in [0.2, 0.25) is 0 Å². The summed E-state index contributed by atoms with van der Waals surface area (Å²) in [6.45, 7) is 0. The van der Waals surface area contributed by atoms with E-state index in [9.17, 15) is 4.79 Å². The number of hydrogen-bond acceptors (Lipinski definition) is 3. The summed E-state index contributed by atoms with van der Waals surface area (Å²) in [4.78, 5) is 16.1. The Morgan fingerprint density at radius 2 is 2.64 bits per heavy atom. The van der Waals surface area contributed by atoms with Crippen LogP contribution in [0.2, 0.25) is 0 Å². The van der Waals surface area contributed by atoms with Crippen LogP contribution in [0.25, 0.3) is 0 Å². The average molecular weight is 152 g/mol. The van der Waals surface area contributed by atoms with Gasteiger partial charge in [-0.2, -0.15) is 4.99 Å². The second-order valence-electron chi connectivity index (χ2n) is 2.47. The second kappa shape index (κ2) is 1.98. The lowest BCUT2D eigenvalue weighted by Crippen LogP contribution is -2.52. The fraction of sp³-hybridized carbons (Fsp3) is 0.333. The molecule has 5 nitrogen and oxygen atoms in total. The van der Waals surface area contributed by atoms with Crippen molar-refractivity contribution >= 4 is 12.0 Å². The van der Waals surface area contributed by atoms with Crippen LogP contribution in [0.3, 0.4) is 0 Å². The minimum Gasteiger partial charge on any atom is -0.369 e. The summed E-state index contributed by atoms with van der Waals surface area (Å²) in [5.41, 5.74) is 5.34. The topological polar surface area (TPSA) is 70.7 Å². The SMILES string of the molecule is NC1=NC(=O)N2C=CCC2N1. The fourth-order valence-corrected chi connectivity index (χ4v) is 1.21. The molecule has 0 spiro atoms. The Bertz CT molecular complexity index is 257. The summed E-state index contributed by atoms with van der Waals surface area (Å²) in [7, 11) is 0. The molecule has 0 aromatic carbocycles. The lowest BCUT2D eigenvalue weighted by molar-refractivity contribution is 0.207. The highest BCUT2D eigenvalue weighted by Crippen LogP contribution is 2.15. The van der Waals surface area contributed by atoms with Crippen LogP contribution in [0.15, 0.2) is 17.3 Å². The monoisotopic (exact) mass is 152 g/mol. The number of guanidine groups is 1. The molecular weight excluding hydrogens is 144 g/mol. The predicted molar refractivity (Wildman–Crippen MR) is 39.5 cm³/mol. The number of fused-ring (bicyclic) bond motifs is 1. The molecule has 3 N–H and O–H groups in total. The van der Waals surface area contributed by atoms with Gasteiger partial charge in [-0.05, 0) is 0 Å². The molecule has 0 aromatic rings. The molecule has 2 aliphatic rings. The first-order valence-corrected chi connectivity index (χ1v) is 3.37. The van der Waals surface area contributed by atoms with E-state index >= 15 is 0 Å². The number of nitrogens with one attached hydrogen (secondary N) is 1. The van der Waals surface area contributed by atoms with E-state index in [1.807, 2.05) is 6.08 Å². The molecule has 2 aliphatic heterocycles. The van der Waals surface area contributed by atoms with E-state index in [0.717, 1.165) is 6.42 Å². The highest BCUT2D eigenvalue weighted by atomic mass is 16.2. The van der Waals surface area contributed by atoms with Gasteiger partial charge >= 0.3 is 6.03 Å². The van der Waals surface area contributed by atoms with Crippen molar-refractivity contribution in [1.29, 1.82) is 0 Å². The molecule has 0 saturated heterocycles. The summed E-state index contributed by atoms with van der Waals surface area (Å²) in [5.74, 6) is 0.208. The first-order valence-electron chi connectivity index (χ1n) is 3.37. The summed E-state index contributed by atoms with van der Waals surface area (Å²) in [5, 5.41) is 2.88. The molecule has 58 valence electrons. The van der Waals surface area contributed by atoms with Crippen molar-refractivity contribution in [2.45, 2.75) is 12.6 Å². The van der Waals surface area contributed by atoms with E-state index in [4.69, 9.17) is 5.73 Å². The number of nitrogens with zero attached hydrogens (tertiary/aromatic N) is 2. The average Bonchev–Trinajstić information content (AvgIpc) is 2.34. The van der Waals surface area contributed by atoms with Gasteiger partial charge in [0.15, 0.2) is 5.96 Å². The number of hydrogen-bond donors (Lipinski definition) is 2. The molecule has 2 amide bonds. The van der Waals surface area contributed by atoms with E-state index in [2.05, 4.69) is 10.3 Å². The van der Waals surface area contributed by atoms with Crippen LogP contribution in [0, 0.1) is 0 Å². The first kappa shape index (κ1) is 6.21. The number of rotatable bonds is 0. The molecule has 0 bridgehead atoms. The molecular formula is C6H8N4O. The van der Waals surface area contributed by atoms with Crippen molar-refractivity contribution in [3.63, 3.8) is 0 Å². The van der Waals surface area contributed by atoms with Gasteiger partial charge in [-0.25, -0.2) is 4.79 Å². The van der Waals surface area contributed by atoms with Crippen molar-refractivity contribution in [3.05, 3.63) is 12.3 Å². The molecule has 1 atom stereocenters. The third-order valence-corrected chi connectivity index (χ3v) is 1.71. The smallest absolute Gasteiger partial charge is 0.352 e. The number of carbonyl (C=O) groups excluding carboxylic acids is 1. The van der Waals surface area contributed by atoms with Crippen LogP contribution in [0.1, 0.15) is 6.42 Å². The number of aliphatic imine (C=N–C) groups is 1. The maximum atomic E-state index is 11.1. The quantitative estimate of drug-likeness (QED) is 0.494. The van der Waals surface area contributed by atoms with Crippen LogP contribution in [-0.4, -0.2) is 23.1 Å². The van der Waals surface area contributed by atoms with E-state index < -0.39 is 0 Å². The number of carbonyl (C=O) groups is 1. The zero-order chi connectivity index (χ0) is 7.84. The zero-order valence-corrected chi connectivity index (χ0v) is 5.82. The van der Waals surface area contributed by atoms with E-state index in [1.54, 1.807) is 6.20 Å². The van der Waals surface area contributed by atoms with Gasteiger partial charge in [-0.15, -0.1) is 0 Å². The van der Waals surface area contributed by atoms with Gasteiger partial charge in [0.05, 0.1) is 0 Å². The zero-order valence-electron chi connectivity index (χ0n) is 5.82. The summed E-state index contributed by atoms with van der Waals surface area (Å²) >= 11 is 0. The van der Waals surface area contributed by atoms with E-state index in [0.29, 0.717) is 0 Å². The fourth-order valence-electron chi connectivity index (χ4n) is 1.21. The van der Waals surface area contributed by atoms with Gasteiger partial charge in [-0.1, -0.05) is 6.08 Å². The maximum absolute atomic E-state index is 11.1. The Morgan fingerprint density at radius 1 is 1.82 bits per heavy atom. The van der Waals surface area contributed by atoms with Gasteiger partial charge in [0.1, 0.15) is 6.17 Å². The normalized spacial score (nSPS) is 28.0. The molecule has 5 heteroatoms.